The van der Waals surface area contributed by atoms with Gasteiger partial charge in [-0.25, -0.2) is 4.98 Å². The molecule has 1 fully saturated rings. The molecular formula is C27H20N6O2. The van der Waals surface area contributed by atoms with Crippen molar-refractivity contribution < 1.29 is 9.21 Å². The molecule has 0 atom stereocenters. The van der Waals surface area contributed by atoms with Gasteiger partial charge in [0, 0.05) is 34.1 Å². The SMILES string of the molecule is O=C(Nc1cncc(-c2ccc3[nH]nc(-c4cc5c(-c6ccoc6)cccc5[nH]4)c3n2)c1)C1CC1. The molecule has 35 heavy (non-hydrogen) atoms. The maximum Gasteiger partial charge on any atom is 0.227 e. The molecule has 1 aromatic carbocycles. The number of H-pyrrole nitrogens is 2. The third-order valence-electron chi connectivity index (χ3n) is 6.41. The zero-order valence-corrected chi connectivity index (χ0v) is 18.6. The average molecular weight is 460 g/mol. The van der Waals surface area contributed by atoms with Crippen molar-refractivity contribution in [2.75, 3.05) is 5.32 Å². The summed E-state index contributed by atoms with van der Waals surface area (Å²) < 4.78 is 5.29. The highest BCUT2D eigenvalue weighted by molar-refractivity contribution is 6.00. The largest absolute Gasteiger partial charge is 0.472 e. The van der Waals surface area contributed by atoms with Crippen LogP contribution in [0.2, 0.25) is 0 Å². The van der Waals surface area contributed by atoms with Crippen LogP contribution in [0.3, 0.4) is 0 Å². The van der Waals surface area contributed by atoms with Crippen LogP contribution in [0.25, 0.3) is 55.7 Å². The van der Waals surface area contributed by atoms with Crippen LogP contribution in [0, 0.1) is 5.92 Å². The van der Waals surface area contributed by atoms with Gasteiger partial charge in [-0.1, -0.05) is 12.1 Å². The Morgan fingerprint density at radius 2 is 1.97 bits per heavy atom. The first-order chi connectivity index (χ1) is 17.2. The molecule has 1 saturated carbocycles. The first-order valence-corrected chi connectivity index (χ1v) is 11.5. The Labute approximate surface area is 199 Å². The molecule has 0 aliphatic heterocycles. The monoisotopic (exact) mass is 460 g/mol. The first kappa shape index (κ1) is 19.7. The number of benzene rings is 1. The number of aromatic nitrogens is 5. The molecule has 0 radical (unpaired) electrons. The fourth-order valence-corrected chi connectivity index (χ4v) is 4.44. The molecular weight excluding hydrogens is 440 g/mol. The maximum atomic E-state index is 12.2. The van der Waals surface area contributed by atoms with E-state index in [0.29, 0.717) is 5.69 Å². The zero-order valence-electron chi connectivity index (χ0n) is 18.6. The first-order valence-electron chi connectivity index (χ1n) is 11.5. The number of aromatic amines is 2. The van der Waals surface area contributed by atoms with Crippen molar-refractivity contribution in [3.8, 4) is 33.8 Å². The van der Waals surface area contributed by atoms with Crippen LogP contribution < -0.4 is 5.32 Å². The molecule has 0 bridgehead atoms. The minimum absolute atomic E-state index is 0.0538. The standard InChI is InChI=1S/C27H20N6O2/c34-27(15-4-5-15)29-18-10-17(12-28-13-18)21-6-7-23-25(31-21)26(33-32-23)24-11-20-19(16-8-9-35-14-16)2-1-3-22(20)30-24/h1-3,6-15,30H,4-5H2,(H,29,34)(H,32,33). The number of pyridine rings is 2. The lowest BCUT2D eigenvalue weighted by Crippen LogP contribution is -2.13. The van der Waals surface area contributed by atoms with E-state index in [4.69, 9.17) is 9.40 Å². The van der Waals surface area contributed by atoms with Crippen molar-refractivity contribution in [3.63, 3.8) is 0 Å². The van der Waals surface area contributed by atoms with Gasteiger partial charge < -0.3 is 14.7 Å². The molecule has 1 aliphatic carbocycles. The Hall–Kier alpha value is -4.72. The van der Waals surface area contributed by atoms with E-state index in [9.17, 15) is 4.79 Å². The van der Waals surface area contributed by atoms with E-state index in [2.05, 4.69) is 37.6 Å². The molecule has 3 N–H and O–H groups in total. The van der Waals surface area contributed by atoms with Crippen molar-refractivity contribution in [2.45, 2.75) is 12.8 Å². The van der Waals surface area contributed by atoms with Crippen molar-refractivity contribution in [2.24, 2.45) is 5.92 Å². The molecule has 0 spiro atoms. The number of fused-ring (bicyclic) bond motifs is 2. The number of carbonyl (C=O) groups is 1. The van der Waals surface area contributed by atoms with E-state index in [0.717, 1.165) is 68.6 Å². The van der Waals surface area contributed by atoms with Crippen LogP contribution in [-0.2, 0) is 4.79 Å². The van der Waals surface area contributed by atoms with Gasteiger partial charge in [0.05, 0.1) is 41.3 Å². The molecule has 0 unspecified atom stereocenters. The normalized spacial score (nSPS) is 13.5. The summed E-state index contributed by atoms with van der Waals surface area (Å²) in [5.41, 5.74) is 8.58. The van der Waals surface area contributed by atoms with Crippen molar-refractivity contribution in [1.29, 1.82) is 0 Å². The third kappa shape index (κ3) is 3.47. The van der Waals surface area contributed by atoms with E-state index in [-0.39, 0.29) is 11.8 Å². The zero-order chi connectivity index (χ0) is 23.4. The van der Waals surface area contributed by atoms with Crippen LogP contribution in [-0.4, -0.2) is 31.1 Å². The van der Waals surface area contributed by atoms with Gasteiger partial charge in [-0.3, -0.25) is 14.9 Å². The predicted molar refractivity (Wildman–Crippen MR) is 133 cm³/mol. The highest BCUT2D eigenvalue weighted by Gasteiger charge is 2.29. The van der Waals surface area contributed by atoms with Crippen LogP contribution in [0.5, 0.6) is 0 Å². The number of hydrogen-bond acceptors (Lipinski definition) is 5. The lowest BCUT2D eigenvalue weighted by molar-refractivity contribution is -0.117. The van der Waals surface area contributed by atoms with Crippen LogP contribution in [0.4, 0.5) is 5.69 Å². The van der Waals surface area contributed by atoms with Crippen molar-refractivity contribution in [3.05, 3.63) is 73.5 Å². The Bertz CT molecular complexity index is 1710. The minimum Gasteiger partial charge on any atom is -0.472 e. The molecule has 170 valence electrons. The summed E-state index contributed by atoms with van der Waals surface area (Å²) in [5, 5.41) is 11.7. The quantitative estimate of drug-likeness (QED) is 0.302. The molecule has 0 saturated heterocycles. The Morgan fingerprint density at radius 1 is 1.03 bits per heavy atom. The lowest BCUT2D eigenvalue weighted by atomic mass is 10.0. The number of nitrogens with zero attached hydrogens (tertiary/aromatic N) is 3. The fourth-order valence-electron chi connectivity index (χ4n) is 4.44. The third-order valence-corrected chi connectivity index (χ3v) is 6.41. The molecule has 1 aliphatic rings. The summed E-state index contributed by atoms with van der Waals surface area (Å²) in [5.74, 6) is 0.185. The summed E-state index contributed by atoms with van der Waals surface area (Å²) in [4.78, 5) is 24.9. The fraction of sp³-hybridized carbons (Fsp3) is 0.111. The van der Waals surface area contributed by atoms with Gasteiger partial charge in [0.15, 0.2) is 0 Å². The summed E-state index contributed by atoms with van der Waals surface area (Å²) in [6, 6.07) is 16.0. The number of anilines is 1. The summed E-state index contributed by atoms with van der Waals surface area (Å²) in [6.45, 7) is 0. The molecule has 6 aromatic rings. The number of hydrogen-bond donors (Lipinski definition) is 3. The van der Waals surface area contributed by atoms with Crippen molar-refractivity contribution in [1.82, 2.24) is 25.1 Å². The number of nitrogens with one attached hydrogen (secondary N) is 3. The topological polar surface area (TPSA) is 112 Å². The van der Waals surface area contributed by atoms with Gasteiger partial charge in [-0.2, -0.15) is 5.10 Å². The van der Waals surface area contributed by atoms with E-state index in [1.54, 1.807) is 24.9 Å². The average Bonchev–Trinajstić information content (AvgIpc) is 3.26. The number of amides is 1. The molecule has 5 aromatic heterocycles. The number of rotatable bonds is 5. The molecule has 5 heterocycles. The molecule has 8 heteroatoms. The van der Waals surface area contributed by atoms with Gasteiger partial charge in [0.1, 0.15) is 11.2 Å². The second-order valence-electron chi connectivity index (χ2n) is 8.85. The van der Waals surface area contributed by atoms with Gasteiger partial charge in [0.25, 0.3) is 0 Å². The molecule has 1 amide bonds. The Kier molecular flexibility index (Phi) is 4.32. The van der Waals surface area contributed by atoms with Crippen molar-refractivity contribution >= 4 is 33.5 Å². The Balaban J connectivity index is 1.29. The van der Waals surface area contributed by atoms with Crippen LogP contribution >= 0.6 is 0 Å². The van der Waals surface area contributed by atoms with Gasteiger partial charge in [-0.05, 0) is 54.8 Å². The molecule has 7 rings (SSSR count). The predicted octanol–water partition coefficient (Wildman–Crippen LogP) is 5.78. The smallest absolute Gasteiger partial charge is 0.227 e. The molecule has 8 nitrogen and oxygen atoms in total. The van der Waals surface area contributed by atoms with Crippen LogP contribution in [0.15, 0.2) is 77.9 Å². The van der Waals surface area contributed by atoms with Gasteiger partial charge >= 0.3 is 0 Å². The van der Waals surface area contributed by atoms with E-state index >= 15 is 0 Å². The number of furan rings is 1. The van der Waals surface area contributed by atoms with Crippen LogP contribution in [0.1, 0.15) is 12.8 Å². The van der Waals surface area contributed by atoms with E-state index < -0.39 is 0 Å². The summed E-state index contributed by atoms with van der Waals surface area (Å²) in [6.07, 6.45) is 8.74. The van der Waals surface area contributed by atoms with E-state index in [1.807, 2.05) is 36.4 Å². The van der Waals surface area contributed by atoms with Gasteiger partial charge in [0.2, 0.25) is 5.91 Å². The minimum atomic E-state index is 0.0538. The number of carbonyl (C=O) groups excluding carboxylic acids is 1. The van der Waals surface area contributed by atoms with E-state index in [1.165, 1.54) is 0 Å². The second-order valence-corrected chi connectivity index (χ2v) is 8.85. The highest BCUT2D eigenvalue weighted by atomic mass is 16.3. The highest BCUT2D eigenvalue weighted by Crippen LogP contribution is 2.35. The summed E-state index contributed by atoms with van der Waals surface area (Å²) >= 11 is 0. The second kappa shape index (κ2) is 7.66. The maximum absolute atomic E-state index is 12.2. The van der Waals surface area contributed by atoms with Gasteiger partial charge in [-0.15, -0.1) is 0 Å². The lowest BCUT2D eigenvalue weighted by Gasteiger charge is -2.06. The Morgan fingerprint density at radius 3 is 2.83 bits per heavy atom. The summed E-state index contributed by atoms with van der Waals surface area (Å²) in [7, 11) is 0.